The van der Waals surface area contributed by atoms with E-state index in [0.29, 0.717) is 17.9 Å². The fraction of sp³-hybridized carbons (Fsp3) is 0.308. The first-order valence-corrected chi connectivity index (χ1v) is 6.08. The van der Waals surface area contributed by atoms with Gasteiger partial charge in [-0.2, -0.15) is 0 Å². The Morgan fingerprint density at radius 1 is 1.47 bits per heavy atom. The lowest BCUT2D eigenvalue weighted by molar-refractivity contribution is -0.141. The summed E-state index contributed by atoms with van der Waals surface area (Å²) in [7, 11) is 0. The zero-order valence-electron chi connectivity index (χ0n) is 9.49. The van der Waals surface area contributed by atoms with Crippen LogP contribution in [0.25, 0.3) is 0 Å². The lowest BCUT2D eigenvalue weighted by Crippen LogP contribution is -2.17. The quantitative estimate of drug-likeness (QED) is 0.876. The molecule has 0 fully saturated rings. The number of rotatable bonds is 5. The molecule has 1 N–H and O–H groups in total. The first kappa shape index (κ1) is 14.1. The largest absolute Gasteiger partial charge is 0.481 e. The lowest BCUT2D eigenvalue weighted by atomic mass is 9.93. The van der Waals surface area contributed by atoms with E-state index in [4.69, 9.17) is 28.3 Å². The Labute approximate surface area is 111 Å². The van der Waals surface area contributed by atoms with E-state index in [0.717, 1.165) is 11.1 Å². The van der Waals surface area contributed by atoms with Crippen LogP contribution in [-0.4, -0.2) is 11.1 Å². The van der Waals surface area contributed by atoms with Crippen molar-refractivity contribution >= 4 is 29.2 Å². The fourth-order valence-electron chi connectivity index (χ4n) is 1.61. The number of aliphatic carboxylic acids is 1. The first-order chi connectivity index (χ1) is 8.04. The molecule has 0 saturated heterocycles. The maximum atomic E-state index is 11.2. The van der Waals surface area contributed by atoms with Crippen LogP contribution in [0.2, 0.25) is 5.02 Å². The summed E-state index contributed by atoms with van der Waals surface area (Å²) in [5.41, 5.74) is 3.12. The minimum Gasteiger partial charge on any atom is -0.481 e. The molecular formula is C13H14Cl2O2. The van der Waals surface area contributed by atoms with Crippen LogP contribution in [-0.2, 0) is 11.2 Å². The lowest BCUT2D eigenvalue weighted by Gasteiger charge is -2.13. The molecule has 1 aromatic rings. The van der Waals surface area contributed by atoms with Crippen molar-refractivity contribution < 1.29 is 9.90 Å². The summed E-state index contributed by atoms with van der Waals surface area (Å²) >= 11 is 11.6. The van der Waals surface area contributed by atoms with Crippen molar-refractivity contribution in [1.82, 2.24) is 0 Å². The number of carbonyl (C=O) groups is 1. The maximum absolute atomic E-state index is 11.2. The van der Waals surface area contributed by atoms with Crippen molar-refractivity contribution in [2.75, 3.05) is 0 Å². The Balaban J connectivity index is 2.81. The highest BCUT2D eigenvalue weighted by molar-refractivity contribution is 6.31. The van der Waals surface area contributed by atoms with Crippen molar-refractivity contribution in [3.63, 3.8) is 0 Å². The van der Waals surface area contributed by atoms with Crippen LogP contribution < -0.4 is 0 Å². The van der Waals surface area contributed by atoms with Crippen molar-refractivity contribution in [3.05, 3.63) is 46.0 Å². The molecule has 0 heterocycles. The van der Waals surface area contributed by atoms with Crippen LogP contribution in [0.1, 0.15) is 18.9 Å². The van der Waals surface area contributed by atoms with Crippen molar-refractivity contribution in [2.24, 2.45) is 5.92 Å². The van der Waals surface area contributed by atoms with Crippen molar-refractivity contribution in [3.8, 4) is 0 Å². The first-order valence-electron chi connectivity index (χ1n) is 5.26. The summed E-state index contributed by atoms with van der Waals surface area (Å²) in [6.07, 6.45) is 0.848. The minimum absolute atomic E-state index is 0.414. The van der Waals surface area contributed by atoms with Gasteiger partial charge in [0.05, 0.1) is 5.92 Å². The number of carboxylic acids is 1. The monoisotopic (exact) mass is 272 g/mol. The average molecular weight is 273 g/mol. The Morgan fingerprint density at radius 2 is 2.12 bits per heavy atom. The summed E-state index contributed by atoms with van der Waals surface area (Å²) in [4.78, 5) is 11.2. The van der Waals surface area contributed by atoms with Gasteiger partial charge in [-0.3, -0.25) is 4.79 Å². The van der Waals surface area contributed by atoms with Gasteiger partial charge in [-0.1, -0.05) is 47.0 Å². The van der Waals surface area contributed by atoms with Gasteiger partial charge < -0.3 is 5.11 Å². The summed E-state index contributed by atoms with van der Waals surface area (Å²) in [5, 5.41) is 9.76. The Bertz CT molecular complexity index is 427. The number of allylic oxidation sites excluding steroid dienone is 1. The summed E-state index contributed by atoms with van der Waals surface area (Å²) < 4.78 is 0. The van der Waals surface area contributed by atoms with Crippen molar-refractivity contribution in [2.45, 2.75) is 19.8 Å². The normalized spacial score (nSPS) is 13.5. The van der Waals surface area contributed by atoms with E-state index < -0.39 is 11.9 Å². The standard InChI is InChI=1S/C13H14Cl2O2/c1-9(8-14)6-11(13(16)17)7-10-4-2-3-5-12(10)15/h2-5,8,11H,6-7H2,1H3,(H,16,17)/b9-8-. The Morgan fingerprint density at radius 3 is 2.65 bits per heavy atom. The zero-order valence-corrected chi connectivity index (χ0v) is 11.0. The van der Waals surface area contributed by atoms with Gasteiger partial charge in [-0.25, -0.2) is 0 Å². The van der Waals surface area contributed by atoms with Crippen molar-refractivity contribution in [1.29, 1.82) is 0 Å². The number of carboxylic acid groups (broad SMARTS) is 1. The number of halogens is 2. The average Bonchev–Trinajstić information content (AvgIpc) is 2.30. The molecule has 0 aromatic heterocycles. The van der Waals surface area contributed by atoms with Gasteiger partial charge >= 0.3 is 5.97 Å². The van der Waals surface area contributed by atoms with Gasteiger partial charge in [0.25, 0.3) is 0 Å². The molecule has 2 nitrogen and oxygen atoms in total. The van der Waals surface area contributed by atoms with E-state index in [1.165, 1.54) is 5.54 Å². The highest BCUT2D eigenvalue weighted by Gasteiger charge is 2.19. The molecule has 1 atom stereocenters. The third-order valence-electron chi connectivity index (χ3n) is 2.53. The van der Waals surface area contributed by atoms with E-state index in [9.17, 15) is 4.79 Å². The molecule has 0 radical (unpaired) electrons. The second-order valence-corrected chi connectivity index (χ2v) is 4.62. The molecule has 4 heteroatoms. The topological polar surface area (TPSA) is 37.3 Å². The molecule has 0 aliphatic rings. The van der Waals surface area contributed by atoms with Gasteiger partial charge in [0.15, 0.2) is 0 Å². The molecule has 1 aromatic carbocycles. The van der Waals surface area contributed by atoms with Gasteiger partial charge in [0, 0.05) is 10.6 Å². The SMILES string of the molecule is C/C(=C/Cl)CC(Cc1ccccc1Cl)C(=O)O. The zero-order chi connectivity index (χ0) is 12.8. The van der Waals surface area contributed by atoms with Gasteiger partial charge in [-0.15, -0.1) is 0 Å². The highest BCUT2D eigenvalue weighted by Crippen LogP contribution is 2.23. The second kappa shape index (κ2) is 6.67. The molecule has 0 saturated carbocycles. The molecule has 0 aliphatic heterocycles. The number of hydrogen-bond acceptors (Lipinski definition) is 1. The van der Waals surface area contributed by atoms with Gasteiger partial charge in [-0.05, 0) is 31.4 Å². The second-order valence-electron chi connectivity index (χ2n) is 3.99. The van der Waals surface area contributed by atoms with Crippen LogP contribution in [0.15, 0.2) is 35.4 Å². The third kappa shape index (κ3) is 4.41. The molecular weight excluding hydrogens is 259 g/mol. The maximum Gasteiger partial charge on any atom is 0.307 e. The predicted octanol–water partition coefficient (Wildman–Crippen LogP) is 4.12. The fourth-order valence-corrected chi connectivity index (χ4v) is 1.91. The smallest absolute Gasteiger partial charge is 0.307 e. The molecule has 0 bridgehead atoms. The molecule has 17 heavy (non-hydrogen) atoms. The molecule has 0 spiro atoms. The molecule has 0 aliphatic carbocycles. The Kier molecular flexibility index (Phi) is 5.52. The molecule has 0 amide bonds. The van der Waals surface area contributed by atoms with E-state index in [2.05, 4.69) is 0 Å². The molecule has 1 rings (SSSR count). The molecule has 1 unspecified atom stereocenters. The van der Waals surface area contributed by atoms with Crippen LogP contribution in [0, 0.1) is 5.92 Å². The van der Waals surface area contributed by atoms with Gasteiger partial charge in [0.1, 0.15) is 0 Å². The van der Waals surface area contributed by atoms with Crippen LogP contribution in [0.3, 0.4) is 0 Å². The van der Waals surface area contributed by atoms with Crippen LogP contribution in [0.4, 0.5) is 0 Å². The van der Waals surface area contributed by atoms with E-state index in [-0.39, 0.29) is 0 Å². The summed E-state index contributed by atoms with van der Waals surface area (Å²) in [6, 6.07) is 7.29. The minimum atomic E-state index is -0.831. The highest BCUT2D eigenvalue weighted by atomic mass is 35.5. The number of hydrogen-bond donors (Lipinski definition) is 1. The third-order valence-corrected chi connectivity index (χ3v) is 3.27. The summed E-state index contributed by atoms with van der Waals surface area (Å²) in [6.45, 7) is 1.82. The van der Waals surface area contributed by atoms with Crippen LogP contribution >= 0.6 is 23.2 Å². The Hall–Kier alpha value is -0.990. The molecule has 92 valence electrons. The van der Waals surface area contributed by atoms with E-state index in [1.807, 2.05) is 25.1 Å². The predicted molar refractivity (Wildman–Crippen MR) is 70.5 cm³/mol. The van der Waals surface area contributed by atoms with Crippen LogP contribution in [0.5, 0.6) is 0 Å². The van der Waals surface area contributed by atoms with E-state index in [1.54, 1.807) is 6.07 Å². The van der Waals surface area contributed by atoms with E-state index >= 15 is 0 Å². The summed E-state index contributed by atoms with van der Waals surface area (Å²) in [5.74, 6) is -1.33. The number of benzene rings is 1. The van der Waals surface area contributed by atoms with Gasteiger partial charge in [0.2, 0.25) is 0 Å².